The maximum Gasteiger partial charge on any atom is 0.0474 e. The summed E-state index contributed by atoms with van der Waals surface area (Å²) in [6.45, 7) is 9.49. The molecule has 1 N–H and O–H groups in total. The fourth-order valence-electron chi connectivity index (χ4n) is 2.49. The molecule has 0 radical (unpaired) electrons. The Kier molecular flexibility index (Phi) is 4.89. The molecular formula is C16H23ClN2. The second-order valence-corrected chi connectivity index (χ2v) is 5.64. The van der Waals surface area contributed by atoms with Crippen molar-refractivity contribution >= 4 is 17.3 Å². The normalized spacial score (nSPS) is 17.3. The highest BCUT2D eigenvalue weighted by Crippen LogP contribution is 2.29. The molecule has 0 aromatic heterocycles. The summed E-state index contributed by atoms with van der Waals surface area (Å²) in [4.78, 5) is 2.38. The minimum atomic E-state index is 0.301. The number of hydrogen-bond donors (Lipinski definition) is 1. The Morgan fingerprint density at radius 2 is 2.21 bits per heavy atom. The first-order chi connectivity index (χ1) is 9.11. The second kappa shape index (κ2) is 6.44. The smallest absolute Gasteiger partial charge is 0.0474 e. The van der Waals surface area contributed by atoms with Gasteiger partial charge in [0.2, 0.25) is 0 Å². The van der Waals surface area contributed by atoms with Crippen LogP contribution in [0.3, 0.4) is 0 Å². The molecule has 3 heteroatoms. The number of nitrogens with one attached hydrogen (secondary N) is 1. The predicted octanol–water partition coefficient (Wildman–Crippen LogP) is 4.17. The maximum atomic E-state index is 6.43. The molecule has 104 valence electrons. The molecule has 1 aromatic rings. The van der Waals surface area contributed by atoms with Gasteiger partial charge in [0.15, 0.2) is 0 Å². The Morgan fingerprint density at radius 3 is 2.79 bits per heavy atom. The fourth-order valence-corrected chi connectivity index (χ4v) is 2.82. The van der Waals surface area contributed by atoms with Gasteiger partial charge < -0.3 is 10.2 Å². The van der Waals surface area contributed by atoms with Crippen LogP contribution in [0, 0.1) is 0 Å². The molecular weight excluding hydrogens is 256 g/mol. The maximum absolute atomic E-state index is 6.43. The first kappa shape index (κ1) is 14.4. The van der Waals surface area contributed by atoms with Gasteiger partial charge >= 0.3 is 0 Å². The quantitative estimate of drug-likeness (QED) is 0.832. The molecule has 0 aliphatic carbocycles. The van der Waals surface area contributed by atoms with E-state index in [1.807, 2.05) is 0 Å². The van der Waals surface area contributed by atoms with Crippen LogP contribution < -0.4 is 10.2 Å². The zero-order valence-electron chi connectivity index (χ0n) is 12.0. The van der Waals surface area contributed by atoms with E-state index < -0.39 is 0 Å². The Balaban J connectivity index is 2.15. The lowest BCUT2D eigenvalue weighted by molar-refractivity contribution is 0.598. The molecule has 1 aliphatic rings. The van der Waals surface area contributed by atoms with Gasteiger partial charge in [0, 0.05) is 29.8 Å². The number of hydrogen-bond acceptors (Lipinski definition) is 2. The van der Waals surface area contributed by atoms with Crippen molar-refractivity contribution in [3.63, 3.8) is 0 Å². The monoisotopic (exact) mass is 278 g/mol. The topological polar surface area (TPSA) is 15.3 Å². The molecule has 0 saturated carbocycles. The van der Waals surface area contributed by atoms with Crippen LogP contribution in [0.1, 0.15) is 38.8 Å². The SMILES string of the molecule is CCNC(C)c1ccc(N2CC=C(C)CC2)cc1Cl. The van der Waals surface area contributed by atoms with E-state index in [4.69, 9.17) is 11.6 Å². The van der Waals surface area contributed by atoms with Crippen LogP contribution >= 0.6 is 11.6 Å². The molecule has 1 aliphatic heterocycles. The molecule has 1 aromatic carbocycles. The number of rotatable bonds is 4. The summed E-state index contributed by atoms with van der Waals surface area (Å²) in [5.41, 5.74) is 3.89. The summed E-state index contributed by atoms with van der Waals surface area (Å²) in [5.74, 6) is 0. The first-order valence-corrected chi connectivity index (χ1v) is 7.43. The van der Waals surface area contributed by atoms with Gasteiger partial charge in [-0.2, -0.15) is 0 Å². The first-order valence-electron chi connectivity index (χ1n) is 7.05. The number of anilines is 1. The third-order valence-corrected chi connectivity index (χ3v) is 4.09. The van der Waals surface area contributed by atoms with Crippen molar-refractivity contribution in [1.29, 1.82) is 0 Å². The van der Waals surface area contributed by atoms with Crippen LogP contribution in [0.5, 0.6) is 0 Å². The van der Waals surface area contributed by atoms with Gasteiger partial charge in [-0.3, -0.25) is 0 Å². The van der Waals surface area contributed by atoms with Gasteiger partial charge in [0.05, 0.1) is 0 Å². The molecule has 0 fully saturated rings. The summed E-state index contributed by atoms with van der Waals surface area (Å²) in [5, 5.41) is 4.26. The van der Waals surface area contributed by atoms with Crippen molar-refractivity contribution in [3.05, 3.63) is 40.4 Å². The van der Waals surface area contributed by atoms with Crippen LogP contribution in [0.4, 0.5) is 5.69 Å². The largest absolute Gasteiger partial charge is 0.367 e. The summed E-state index contributed by atoms with van der Waals surface area (Å²) >= 11 is 6.43. The lowest BCUT2D eigenvalue weighted by Gasteiger charge is -2.28. The van der Waals surface area contributed by atoms with E-state index in [1.165, 1.54) is 16.8 Å². The van der Waals surface area contributed by atoms with Crippen molar-refractivity contribution in [3.8, 4) is 0 Å². The van der Waals surface area contributed by atoms with E-state index in [1.54, 1.807) is 0 Å². The molecule has 2 nitrogen and oxygen atoms in total. The van der Waals surface area contributed by atoms with E-state index in [9.17, 15) is 0 Å². The minimum Gasteiger partial charge on any atom is -0.367 e. The molecule has 0 saturated heterocycles. The lowest BCUT2D eigenvalue weighted by Crippen LogP contribution is -2.28. The van der Waals surface area contributed by atoms with E-state index >= 15 is 0 Å². The molecule has 0 amide bonds. The van der Waals surface area contributed by atoms with Crippen molar-refractivity contribution in [2.45, 2.75) is 33.2 Å². The predicted molar refractivity (Wildman–Crippen MR) is 84.1 cm³/mol. The van der Waals surface area contributed by atoms with Crippen molar-refractivity contribution in [2.24, 2.45) is 0 Å². The average molecular weight is 279 g/mol. The lowest BCUT2D eigenvalue weighted by atomic mass is 10.1. The van der Waals surface area contributed by atoms with Crippen LogP contribution in [0.25, 0.3) is 0 Å². The highest BCUT2D eigenvalue weighted by molar-refractivity contribution is 6.31. The van der Waals surface area contributed by atoms with Gasteiger partial charge in [-0.1, -0.05) is 36.2 Å². The Hall–Kier alpha value is -0.990. The van der Waals surface area contributed by atoms with Gasteiger partial charge in [0.25, 0.3) is 0 Å². The van der Waals surface area contributed by atoms with Crippen LogP contribution in [0.2, 0.25) is 5.02 Å². The van der Waals surface area contributed by atoms with E-state index in [0.29, 0.717) is 6.04 Å². The molecule has 0 spiro atoms. The zero-order valence-corrected chi connectivity index (χ0v) is 12.8. The zero-order chi connectivity index (χ0) is 13.8. The highest BCUT2D eigenvalue weighted by atomic mass is 35.5. The van der Waals surface area contributed by atoms with Crippen LogP contribution in [-0.2, 0) is 0 Å². The summed E-state index contributed by atoms with van der Waals surface area (Å²) in [6.07, 6.45) is 3.44. The summed E-state index contributed by atoms with van der Waals surface area (Å²) in [7, 11) is 0. The minimum absolute atomic E-state index is 0.301. The third kappa shape index (κ3) is 3.52. The molecule has 2 rings (SSSR count). The van der Waals surface area contributed by atoms with Gasteiger partial charge in [0.1, 0.15) is 0 Å². The molecule has 0 bridgehead atoms. The van der Waals surface area contributed by atoms with Crippen LogP contribution in [0.15, 0.2) is 29.8 Å². The molecule has 1 heterocycles. The fraction of sp³-hybridized carbons (Fsp3) is 0.500. The number of nitrogens with zero attached hydrogens (tertiary/aromatic N) is 1. The van der Waals surface area contributed by atoms with Crippen molar-refractivity contribution in [1.82, 2.24) is 5.32 Å². The number of benzene rings is 1. The molecule has 19 heavy (non-hydrogen) atoms. The second-order valence-electron chi connectivity index (χ2n) is 5.23. The van der Waals surface area contributed by atoms with Gasteiger partial charge in [-0.05, 0) is 44.5 Å². The van der Waals surface area contributed by atoms with Crippen molar-refractivity contribution < 1.29 is 0 Å². The van der Waals surface area contributed by atoms with E-state index in [2.05, 4.69) is 55.3 Å². The van der Waals surface area contributed by atoms with Gasteiger partial charge in [-0.25, -0.2) is 0 Å². The standard InChI is InChI=1S/C16H23ClN2/c1-4-18-13(3)15-6-5-14(11-16(15)17)19-9-7-12(2)8-10-19/h5-7,11,13,18H,4,8-10H2,1-3H3. The van der Waals surface area contributed by atoms with E-state index in [0.717, 1.165) is 31.1 Å². The molecule has 1 unspecified atom stereocenters. The Labute approximate surface area is 121 Å². The third-order valence-electron chi connectivity index (χ3n) is 3.76. The Bertz CT molecular complexity index is 468. The number of halogens is 1. The Morgan fingerprint density at radius 1 is 1.42 bits per heavy atom. The van der Waals surface area contributed by atoms with E-state index in [-0.39, 0.29) is 0 Å². The highest BCUT2D eigenvalue weighted by Gasteiger charge is 2.13. The van der Waals surface area contributed by atoms with Crippen molar-refractivity contribution in [2.75, 3.05) is 24.5 Å². The average Bonchev–Trinajstić information content (AvgIpc) is 2.39. The summed E-state index contributed by atoms with van der Waals surface area (Å²) in [6, 6.07) is 6.73. The van der Waals surface area contributed by atoms with Crippen LogP contribution in [-0.4, -0.2) is 19.6 Å². The molecule has 1 atom stereocenters. The van der Waals surface area contributed by atoms with Gasteiger partial charge in [-0.15, -0.1) is 0 Å². The summed E-state index contributed by atoms with van der Waals surface area (Å²) < 4.78 is 0.